The smallest absolute Gasteiger partial charge is 0.161 e. The van der Waals surface area contributed by atoms with Gasteiger partial charge in [-0.15, -0.1) is 0 Å². The number of aromatic nitrogens is 1. The lowest BCUT2D eigenvalue weighted by Gasteiger charge is -2.27. The molecule has 1 aromatic carbocycles. The van der Waals surface area contributed by atoms with Gasteiger partial charge in [-0.2, -0.15) is 0 Å². The maximum absolute atomic E-state index is 11.7. The second kappa shape index (κ2) is 5.56. The maximum Gasteiger partial charge on any atom is 0.161 e. The number of carbonyl (C=O) groups excluding carboxylic acids is 1. The Morgan fingerprint density at radius 2 is 2.24 bits per heavy atom. The standard InChI is InChI=1S/C17H19N3O/c1-12(21)15-10-14(6-7-16(15)18)20-9-3-5-17(20)13-4-2-8-19-11-13/h2,4,6-8,10-11,17H,3,5,9,18H2,1H3. The predicted molar refractivity (Wildman–Crippen MR) is 84.4 cm³/mol. The van der Waals surface area contributed by atoms with E-state index in [1.165, 1.54) is 5.56 Å². The molecule has 4 nitrogen and oxygen atoms in total. The second-order valence-corrected chi connectivity index (χ2v) is 5.47. The molecule has 0 amide bonds. The lowest BCUT2D eigenvalue weighted by Crippen LogP contribution is -2.23. The Balaban J connectivity index is 1.96. The molecule has 0 spiro atoms. The maximum atomic E-state index is 11.7. The number of pyridine rings is 1. The van der Waals surface area contributed by atoms with Crippen LogP contribution in [-0.4, -0.2) is 17.3 Å². The highest BCUT2D eigenvalue weighted by Gasteiger charge is 2.26. The third-order valence-electron chi connectivity index (χ3n) is 4.07. The minimum absolute atomic E-state index is 0.00600. The van der Waals surface area contributed by atoms with Crippen LogP contribution in [0.3, 0.4) is 0 Å². The van der Waals surface area contributed by atoms with Gasteiger partial charge >= 0.3 is 0 Å². The number of rotatable bonds is 3. The molecule has 1 aromatic heterocycles. The fraction of sp³-hybridized carbons (Fsp3) is 0.294. The Morgan fingerprint density at radius 3 is 2.95 bits per heavy atom. The number of hydrogen-bond donors (Lipinski definition) is 1. The van der Waals surface area contributed by atoms with Gasteiger partial charge in [0.1, 0.15) is 0 Å². The number of carbonyl (C=O) groups is 1. The van der Waals surface area contributed by atoms with Gasteiger partial charge in [0.15, 0.2) is 5.78 Å². The van der Waals surface area contributed by atoms with Crippen molar-refractivity contribution in [3.05, 3.63) is 53.9 Å². The van der Waals surface area contributed by atoms with Crippen LogP contribution >= 0.6 is 0 Å². The molecule has 1 fully saturated rings. The molecule has 1 unspecified atom stereocenters. The number of Topliss-reactive ketones (excluding diaryl/α,β-unsaturated/α-hetero) is 1. The minimum atomic E-state index is 0.00600. The summed E-state index contributed by atoms with van der Waals surface area (Å²) in [5.74, 6) is 0.00600. The summed E-state index contributed by atoms with van der Waals surface area (Å²) in [5, 5.41) is 0. The lowest BCUT2D eigenvalue weighted by molar-refractivity contribution is 0.101. The Bertz CT molecular complexity index is 654. The van der Waals surface area contributed by atoms with E-state index in [4.69, 9.17) is 5.73 Å². The number of ketones is 1. The Labute approximate surface area is 124 Å². The third-order valence-corrected chi connectivity index (χ3v) is 4.07. The number of nitrogen functional groups attached to an aromatic ring is 1. The molecule has 21 heavy (non-hydrogen) atoms. The number of nitrogens with two attached hydrogens (primary N) is 1. The molecule has 108 valence electrons. The van der Waals surface area contributed by atoms with Crippen molar-refractivity contribution in [3.63, 3.8) is 0 Å². The van der Waals surface area contributed by atoms with E-state index < -0.39 is 0 Å². The van der Waals surface area contributed by atoms with E-state index >= 15 is 0 Å². The summed E-state index contributed by atoms with van der Waals surface area (Å²) in [6, 6.07) is 10.1. The van der Waals surface area contributed by atoms with E-state index in [0.29, 0.717) is 17.3 Å². The van der Waals surface area contributed by atoms with Gasteiger partial charge in [0.25, 0.3) is 0 Å². The van der Waals surface area contributed by atoms with Crippen molar-refractivity contribution in [2.24, 2.45) is 0 Å². The van der Waals surface area contributed by atoms with Crippen LogP contribution in [0, 0.1) is 0 Å². The molecule has 2 aromatic rings. The van der Waals surface area contributed by atoms with Gasteiger partial charge in [-0.1, -0.05) is 6.07 Å². The molecule has 0 saturated carbocycles. The highest BCUT2D eigenvalue weighted by atomic mass is 16.1. The SMILES string of the molecule is CC(=O)c1cc(N2CCCC2c2cccnc2)ccc1N. The van der Waals surface area contributed by atoms with Crippen molar-refractivity contribution in [1.29, 1.82) is 0 Å². The number of nitrogens with zero attached hydrogens (tertiary/aromatic N) is 2. The summed E-state index contributed by atoms with van der Waals surface area (Å²) in [6.45, 7) is 2.54. The molecular formula is C17H19N3O. The van der Waals surface area contributed by atoms with E-state index in [1.807, 2.05) is 30.5 Å². The van der Waals surface area contributed by atoms with Crippen molar-refractivity contribution in [1.82, 2.24) is 4.98 Å². The molecule has 1 aliphatic rings. The topological polar surface area (TPSA) is 59.2 Å². The Hall–Kier alpha value is -2.36. The molecular weight excluding hydrogens is 262 g/mol. The molecule has 0 bridgehead atoms. The van der Waals surface area contributed by atoms with Crippen LogP contribution in [-0.2, 0) is 0 Å². The zero-order valence-electron chi connectivity index (χ0n) is 12.1. The van der Waals surface area contributed by atoms with Crippen LogP contribution in [0.4, 0.5) is 11.4 Å². The second-order valence-electron chi connectivity index (χ2n) is 5.47. The van der Waals surface area contributed by atoms with E-state index in [-0.39, 0.29) is 5.78 Å². The summed E-state index contributed by atoms with van der Waals surface area (Å²) < 4.78 is 0. The molecule has 0 aliphatic carbocycles. The monoisotopic (exact) mass is 281 g/mol. The van der Waals surface area contributed by atoms with Gasteiger partial charge in [-0.3, -0.25) is 9.78 Å². The van der Waals surface area contributed by atoms with Crippen molar-refractivity contribution in [2.75, 3.05) is 17.2 Å². The molecule has 2 N–H and O–H groups in total. The van der Waals surface area contributed by atoms with Crippen molar-refractivity contribution in [3.8, 4) is 0 Å². The first kappa shape index (κ1) is 13.6. The van der Waals surface area contributed by atoms with Crippen LogP contribution in [0.2, 0.25) is 0 Å². The number of benzene rings is 1. The minimum Gasteiger partial charge on any atom is -0.398 e. The first-order chi connectivity index (χ1) is 10.2. The Morgan fingerprint density at radius 1 is 1.38 bits per heavy atom. The van der Waals surface area contributed by atoms with Gasteiger partial charge in [0.05, 0.1) is 6.04 Å². The first-order valence-corrected chi connectivity index (χ1v) is 7.24. The lowest BCUT2D eigenvalue weighted by atomic mass is 10.0. The van der Waals surface area contributed by atoms with Crippen molar-refractivity contribution >= 4 is 17.2 Å². The van der Waals surface area contributed by atoms with Gasteiger partial charge in [-0.25, -0.2) is 0 Å². The van der Waals surface area contributed by atoms with E-state index in [2.05, 4.69) is 16.0 Å². The van der Waals surface area contributed by atoms with Crippen LogP contribution in [0.15, 0.2) is 42.7 Å². The third kappa shape index (κ3) is 2.61. The molecule has 3 rings (SSSR count). The molecule has 4 heteroatoms. The highest BCUT2D eigenvalue weighted by Crippen LogP contribution is 2.36. The van der Waals surface area contributed by atoms with Crippen LogP contribution < -0.4 is 10.6 Å². The Kier molecular flexibility index (Phi) is 3.60. The van der Waals surface area contributed by atoms with Crippen LogP contribution in [0.25, 0.3) is 0 Å². The summed E-state index contributed by atoms with van der Waals surface area (Å²) in [7, 11) is 0. The van der Waals surface area contributed by atoms with Crippen molar-refractivity contribution < 1.29 is 4.79 Å². The zero-order chi connectivity index (χ0) is 14.8. The molecule has 1 saturated heterocycles. The van der Waals surface area contributed by atoms with Crippen molar-refractivity contribution in [2.45, 2.75) is 25.8 Å². The zero-order valence-corrected chi connectivity index (χ0v) is 12.1. The average molecular weight is 281 g/mol. The number of anilines is 2. The summed E-state index contributed by atoms with van der Waals surface area (Å²) in [4.78, 5) is 18.2. The fourth-order valence-corrected chi connectivity index (χ4v) is 3.02. The van der Waals surface area contributed by atoms with E-state index in [1.54, 1.807) is 13.1 Å². The molecule has 0 radical (unpaired) electrons. The summed E-state index contributed by atoms with van der Waals surface area (Å²) in [6.07, 6.45) is 5.96. The molecule has 2 heterocycles. The first-order valence-electron chi connectivity index (χ1n) is 7.24. The van der Waals surface area contributed by atoms with Gasteiger partial charge < -0.3 is 10.6 Å². The highest BCUT2D eigenvalue weighted by molar-refractivity contribution is 6.00. The summed E-state index contributed by atoms with van der Waals surface area (Å²) >= 11 is 0. The van der Waals surface area contributed by atoms with Crippen LogP contribution in [0.5, 0.6) is 0 Å². The molecule has 1 atom stereocenters. The molecule has 1 aliphatic heterocycles. The normalized spacial score (nSPS) is 18.0. The predicted octanol–water partition coefficient (Wildman–Crippen LogP) is 3.21. The summed E-state index contributed by atoms with van der Waals surface area (Å²) in [5.41, 5.74) is 9.31. The van der Waals surface area contributed by atoms with Crippen LogP contribution in [0.1, 0.15) is 41.7 Å². The van der Waals surface area contributed by atoms with Gasteiger partial charge in [0.2, 0.25) is 0 Å². The largest absolute Gasteiger partial charge is 0.398 e. The quantitative estimate of drug-likeness (QED) is 0.693. The number of hydrogen-bond acceptors (Lipinski definition) is 4. The van der Waals surface area contributed by atoms with Gasteiger partial charge in [0, 0.05) is 35.9 Å². The average Bonchev–Trinajstić information content (AvgIpc) is 2.98. The van der Waals surface area contributed by atoms with Gasteiger partial charge in [-0.05, 0) is 49.6 Å². The fourth-order valence-electron chi connectivity index (χ4n) is 3.02. The van der Waals surface area contributed by atoms with E-state index in [9.17, 15) is 4.79 Å². The van der Waals surface area contributed by atoms with E-state index in [0.717, 1.165) is 25.1 Å².